The van der Waals surface area contributed by atoms with Crippen LogP contribution in [0.1, 0.15) is 6.42 Å². The quantitative estimate of drug-likeness (QED) is 0.332. The monoisotopic (exact) mass is 194 g/mol. The Kier molecular flexibility index (Phi) is 3.07. The number of aryl methyl sites for hydroxylation is 1. The lowest BCUT2D eigenvalue weighted by atomic mass is 10.4. The minimum atomic E-state index is -0.481. The number of terminal acetylenes is 1. The van der Waals surface area contributed by atoms with Gasteiger partial charge in [-0.25, -0.2) is 0 Å². The third-order valence-electron chi connectivity index (χ3n) is 1.57. The number of hydrogen-bond donors (Lipinski definition) is 1. The summed E-state index contributed by atoms with van der Waals surface area (Å²) >= 11 is 0. The highest BCUT2D eigenvalue weighted by Gasteiger charge is 2.17. The van der Waals surface area contributed by atoms with Gasteiger partial charge in [0, 0.05) is 20.0 Å². The number of nitro groups is 1. The number of aromatic nitrogens is 2. The molecule has 0 bridgehead atoms. The van der Waals surface area contributed by atoms with E-state index in [-0.39, 0.29) is 11.5 Å². The summed E-state index contributed by atoms with van der Waals surface area (Å²) in [5.74, 6) is 2.68. The van der Waals surface area contributed by atoms with Crippen LogP contribution in [-0.2, 0) is 7.05 Å². The van der Waals surface area contributed by atoms with Crippen LogP contribution in [0.2, 0.25) is 0 Å². The van der Waals surface area contributed by atoms with E-state index in [1.807, 2.05) is 0 Å². The lowest BCUT2D eigenvalue weighted by molar-refractivity contribution is -0.384. The first-order valence-electron chi connectivity index (χ1n) is 4.00. The van der Waals surface area contributed by atoms with Crippen LogP contribution in [0.5, 0.6) is 0 Å². The summed E-state index contributed by atoms with van der Waals surface area (Å²) in [6, 6.07) is 0. The van der Waals surface area contributed by atoms with E-state index >= 15 is 0 Å². The average Bonchev–Trinajstić information content (AvgIpc) is 2.47. The highest BCUT2D eigenvalue weighted by atomic mass is 16.6. The molecule has 0 unspecified atom stereocenters. The van der Waals surface area contributed by atoms with Crippen LogP contribution in [0.25, 0.3) is 0 Å². The molecule has 0 aliphatic carbocycles. The van der Waals surface area contributed by atoms with Crippen molar-refractivity contribution in [2.45, 2.75) is 6.42 Å². The molecule has 0 spiro atoms. The van der Waals surface area contributed by atoms with E-state index < -0.39 is 4.92 Å². The van der Waals surface area contributed by atoms with Gasteiger partial charge in [0.25, 0.3) is 0 Å². The van der Waals surface area contributed by atoms with Gasteiger partial charge in [0.2, 0.25) is 5.82 Å². The van der Waals surface area contributed by atoms with Crippen molar-refractivity contribution in [2.75, 3.05) is 11.9 Å². The van der Waals surface area contributed by atoms with Crippen molar-refractivity contribution in [3.63, 3.8) is 0 Å². The normalized spacial score (nSPS) is 9.43. The van der Waals surface area contributed by atoms with Crippen molar-refractivity contribution in [3.8, 4) is 12.3 Å². The minimum Gasteiger partial charge on any atom is -0.362 e. The van der Waals surface area contributed by atoms with Crippen molar-refractivity contribution in [1.82, 2.24) is 9.78 Å². The fourth-order valence-electron chi connectivity index (χ4n) is 0.989. The average molecular weight is 194 g/mol. The fourth-order valence-corrected chi connectivity index (χ4v) is 0.989. The Morgan fingerprint density at radius 3 is 3.14 bits per heavy atom. The number of rotatable bonds is 4. The van der Waals surface area contributed by atoms with Crippen LogP contribution in [-0.4, -0.2) is 21.2 Å². The molecule has 1 N–H and O–H groups in total. The molecule has 14 heavy (non-hydrogen) atoms. The van der Waals surface area contributed by atoms with Crippen LogP contribution in [0.15, 0.2) is 6.20 Å². The van der Waals surface area contributed by atoms with E-state index in [2.05, 4.69) is 16.3 Å². The first-order chi connectivity index (χ1) is 6.65. The van der Waals surface area contributed by atoms with Gasteiger partial charge in [-0.15, -0.1) is 17.4 Å². The molecule has 0 radical (unpaired) electrons. The summed E-state index contributed by atoms with van der Waals surface area (Å²) < 4.78 is 1.39. The van der Waals surface area contributed by atoms with Crippen LogP contribution in [0.4, 0.5) is 11.5 Å². The lowest BCUT2D eigenvalue weighted by Gasteiger charge is -1.97. The molecule has 0 aromatic carbocycles. The Balaban J connectivity index is 2.75. The second-order valence-electron chi connectivity index (χ2n) is 2.67. The molecule has 0 fully saturated rings. The first kappa shape index (κ1) is 10.1. The second-order valence-corrected chi connectivity index (χ2v) is 2.67. The third-order valence-corrected chi connectivity index (χ3v) is 1.57. The molecule has 0 aliphatic heterocycles. The molecule has 0 saturated carbocycles. The summed E-state index contributed by atoms with van der Waals surface area (Å²) in [6.45, 7) is 0.481. The van der Waals surface area contributed by atoms with E-state index in [1.165, 1.54) is 10.9 Å². The maximum atomic E-state index is 10.5. The summed E-state index contributed by atoms with van der Waals surface area (Å²) in [4.78, 5) is 10.1. The maximum absolute atomic E-state index is 10.5. The van der Waals surface area contributed by atoms with Gasteiger partial charge < -0.3 is 5.32 Å². The summed E-state index contributed by atoms with van der Waals surface area (Å²) in [5, 5.41) is 17.2. The van der Waals surface area contributed by atoms with Gasteiger partial charge >= 0.3 is 5.69 Å². The van der Waals surface area contributed by atoms with Crippen LogP contribution < -0.4 is 5.32 Å². The van der Waals surface area contributed by atoms with Gasteiger partial charge in [0.05, 0.1) is 4.92 Å². The zero-order valence-corrected chi connectivity index (χ0v) is 7.73. The zero-order valence-electron chi connectivity index (χ0n) is 7.73. The molecular formula is C8H10N4O2. The topological polar surface area (TPSA) is 73.0 Å². The Labute approximate surface area is 81.1 Å². The van der Waals surface area contributed by atoms with Gasteiger partial charge in [-0.2, -0.15) is 0 Å². The van der Waals surface area contributed by atoms with Crippen LogP contribution >= 0.6 is 0 Å². The molecule has 1 aromatic heterocycles. The Morgan fingerprint density at radius 1 is 1.86 bits per heavy atom. The summed E-state index contributed by atoms with van der Waals surface area (Å²) in [7, 11) is 1.62. The van der Waals surface area contributed by atoms with E-state index in [1.54, 1.807) is 7.05 Å². The molecule has 1 aromatic rings. The van der Waals surface area contributed by atoms with E-state index in [9.17, 15) is 10.1 Å². The molecule has 1 heterocycles. The Hall–Kier alpha value is -2.03. The van der Waals surface area contributed by atoms with Crippen molar-refractivity contribution < 1.29 is 4.92 Å². The first-order valence-corrected chi connectivity index (χ1v) is 4.00. The molecule has 0 saturated heterocycles. The van der Waals surface area contributed by atoms with Gasteiger partial charge in [-0.3, -0.25) is 14.8 Å². The van der Waals surface area contributed by atoms with Crippen molar-refractivity contribution in [2.24, 2.45) is 7.05 Å². The van der Waals surface area contributed by atoms with Crippen LogP contribution in [0.3, 0.4) is 0 Å². The highest BCUT2D eigenvalue weighted by molar-refractivity contribution is 5.54. The predicted octanol–water partition coefficient (Wildman–Crippen LogP) is 0.763. The minimum absolute atomic E-state index is 0.0375. The largest absolute Gasteiger partial charge is 0.362 e. The van der Waals surface area contributed by atoms with E-state index in [0.717, 1.165) is 0 Å². The Morgan fingerprint density at radius 2 is 2.57 bits per heavy atom. The molecule has 0 amide bonds. The smallest absolute Gasteiger partial charge is 0.330 e. The van der Waals surface area contributed by atoms with Gasteiger partial charge in [-0.05, 0) is 0 Å². The summed E-state index contributed by atoms with van der Waals surface area (Å²) in [5.41, 5.74) is -0.0375. The molecule has 74 valence electrons. The van der Waals surface area contributed by atoms with E-state index in [4.69, 9.17) is 6.42 Å². The van der Waals surface area contributed by atoms with Gasteiger partial charge in [0.15, 0.2) is 0 Å². The van der Waals surface area contributed by atoms with Crippen molar-refractivity contribution in [1.29, 1.82) is 0 Å². The molecule has 1 rings (SSSR count). The molecule has 0 aliphatic rings. The molecule has 6 nitrogen and oxygen atoms in total. The number of nitrogens with zero attached hydrogens (tertiary/aromatic N) is 3. The van der Waals surface area contributed by atoms with Gasteiger partial charge in [-0.1, -0.05) is 0 Å². The standard InChI is InChI=1S/C8H10N4O2/c1-3-4-5-9-8-7(12(13)14)6-11(2)10-8/h1,6H,4-5H2,2H3,(H,9,10). The maximum Gasteiger partial charge on any atom is 0.330 e. The third kappa shape index (κ3) is 2.23. The fraction of sp³-hybridized carbons (Fsp3) is 0.375. The predicted molar refractivity (Wildman–Crippen MR) is 51.8 cm³/mol. The highest BCUT2D eigenvalue weighted by Crippen LogP contribution is 2.20. The second kappa shape index (κ2) is 4.28. The lowest BCUT2D eigenvalue weighted by Crippen LogP contribution is -2.03. The number of hydrogen-bond acceptors (Lipinski definition) is 4. The molecular weight excluding hydrogens is 184 g/mol. The molecule has 6 heteroatoms. The van der Waals surface area contributed by atoms with Crippen molar-refractivity contribution >= 4 is 11.5 Å². The van der Waals surface area contributed by atoms with Gasteiger partial charge in [0.1, 0.15) is 6.20 Å². The summed E-state index contributed by atoms with van der Waals surface area (Å²) in [6.07, 6.45) is 6.90. The number of nitrogens with one attached hydrogen (secondary N) is 1. The molecule has 0 atom stereocenters. The zero-order chi connectivity index (χ0) is 10.6. The number of anilines is 1. The van der Waals surface area contributed by atoms with Crippen LogP contribution in [0, 0.1) is 22.5 Å². The SMILES string of the molecule is C#CCCNc1nn(C)cc1[N+](=O)[O-]. The van der Waals surface area contributed by atoms with Crippen molar-refractivity contribution in [3.05, 3.63) is 16.3 Å². The Bertz CT molecular complexity index is 377. The van der Waals surface area contributed by atoms with E-state index in [0.29, 0.717) is 13.0 Å².